The average molecular weight is 448 g/mol. The van der Waals surface area contributed by atoms with Gasteiger partial charge in [0.25, 0.3) is 0 Å². The van der Waals surface area contributed by atoms with Crippen molar-refractivity contribution in [3.8, 4) is 0 Å². The molecule has 2 rings (SSSR count). The van der Waals surface area contributed by atoms with E-state index in [9.17, 15) is 9.18 Å². The van der Waals surface area contributed by atoms with Crippen LogP contribution in [0.3, 0.4) is 0 Å². The number of rotatable bonds is 6. The number of guanidine groups is 1. The molecule has 24 heavy (non-hydrogen) atoms. The van der Waals surface area contributed by atoms with Crippen molar-refractivity contribution in [2.75, 3.05) is 13.1 Å². The van der Waals surface area contributed by atoms with E-state index in [1.807, 2.05) is 0 Å². The summed E-state index contributed by atoms with van der Waals surface area (Å²) in [6.45, 7) is 0.849. The number of nitrogens with one attached hydrogen (secondary N) is 2. The van der Waals surface area contributed by atoms with Gasteiger partial charge < -0.3 is 16.4 Å². The minimum Gasteiger partial charge on any atom is -0.370 e. The van der Waals surface area contributed by atoms with E-state index in [1.54, 1.807) is 12.1 Å². The highest BCUT2D eigenvalue weighted by molar-refractivity contribution is 14.0. The molecule has 1 aromatic rings. The molecule has 5 nitrogen and oxygen atoms in total. The summed E-state index contributed by atoms with van der Waals surface area (Å²) in [7, 11) is 0. The zero-order valence-corrected chi connectivity index (χ0v) is 16.1. The van der Waals surface area contributed by atoms with Gasteiger partial charge in [-0.2, -0.15) is 0 Å². The highest BCUT2D eigenvalue weighted by Gasteiger charge is 2.13. The number of carbonyl (C=O) groups excluding carboxylic acids is 1. The Kier molecular flexibility index (Phi) is 9.66. The molecule has 0 spiro atoms. The fourth-order valence-electron chi connectivity index (χ4n) is 2.77. The van der Waals surface area contributed by atoms with Crippen molar-refractivity contribution in [1.29, 1.82) is 0 Å². The van der Waals surface area contributed by atoms with E-state index in [0.717, 1.165) is 12.8 Å². The number of aliphatic imine (C=N–C) groups is 1. The first-order valence-corrected chi connectivity index (χ1v) is 8.21. The number of halogens is 2. The van der Waals surface area contributed by atoms with Gasteiger partial charge in [-0.05, 0) is 30.5 Å². The molecule has 134 valence electrons. The van der Waals surface area contributed by atoms with Gasteiger partial charge in [-0.25, -0.2) is 4.39 Å². The average Bonchev–Trinajstić information content (AvgIpc) is 2.52. The van der Waals surface area contributed by atoms with E-state index in [1.165, 1.54) is 31.4 Å². The Hall–Kier alpha value is -1.38. The minimum absolute atomic E-state index is 0. The van der Waals surface area contributed by atoms with Crippen molar-refractivity contribution < 1.29 is 9.18 Å². The van der Waals surface area contributed by atoms with Crippen LogP contribution < -0.4 is 16.4 Å². The SMILES string of the molecule is I.NC(=NCCNC(=O)Cc1cccc(F)c1)NC1CCCCC1. The lowest BCUT2D eigenvalue weighted by molar-refractivity contribution is -0.120. The van der Waals surface area contributed by atoms with Crippen LogP contribution in [0.5, 0.6) is 0 Å². The highest BCUT2D eigenvalue weighted by atomic mass is 127. The number of nitrogens with zero attached hydrogens (tertiary/aromatic N) is 1. The Morgan fingerprint density at radius 1 is 1.29 bits per heavy atom. The lowest BCUT2D eigenvalue weighted by atomic mass is 9.96. The zero-order valence-electron chi connectivity index (χ0n) is 13.8. The molecule has 1 aliphatic rings. The van der Waals surface area contributed by atoms with Gasteiger partial charge in [-0.15, -0.1) is 24.0 Å². The molecule has 1 aliphatic carbocycles. The van der Waals surface area contributed by atoms with Crippen molar-refractivity contribution in [2.24, 2.45) is 10.7 Å². The Morgan fingerprint density at radius 3 is 2.75 bits per heavy atom. The van der Waals surface area contributed by atoms with Crippen molar-refractivity contribution in [3.63, 3.8) is 0 Å². The molecule has 1 amide bonds. The van der Waals surface area contributed by atoms with Crippen LogP contribution in [-0.2, 0) is 11.2 Å². The van der Waals surface area contributed by atoms with E-state index in [2.05, 4.69) is 15.6 Å². The Balaban J connectivity index is 0.00000288. The molecule has 1 saturated carbocycles. The second-order valence-corrected chi connectivity index (χ2v) is 5.90. The van der Waals surface area contributed by atoms with Crippen LogP contribution >= 0.6 is 24.0 Å². The zero-order chi connectivity index (χ0) is 16.5. The quantitative estimate of drug-likeness (QED) is 0.271. The smallest absolute Gasteiger partial charge is 0.224 e. The standard InChI is InChI=1S/C17H25FN4O.HI/c18-14-6-4-5-13(11-14)12-16(23)20-9-10-21-17(19)22-15-7-2-1-3-8-15;/h4-6,11,15H,1-3,7-10,12H2,(H,20,23)(H3,19,21,22);1H. The van der Waals surface area contributed by atoms with Gasteiger partial charge in [0.1, 0.15) is 5.82 Å². The van der Waals surface area contributed by atoms with Gasteiger partial charge in [0.15, 0.2) is 5.96 Å². The van der Waals surface area contributed by atoms with Crippen LogP contribution in [0.1, 0.15) is 37.7 Å². The maximum absolute atomic E-state index is 13.0. The van der Waals surface area contributed by atoms with Gasteiger partial charge in [-0.1, -0.05) is 31.4 Å². The van der Waals surface area contributed by atoms with Gasteiger partial charge in [0, 0.05) is 12.6 Å². The summed E-state index contributed by atoms with van der Waals surface area (Å²) in [5, 5.41) is 5.98. The lowest BCUT2D eigenvalue weighted by Crippen LogP contribution is -2.41. The highest BCUT2D eigenvalue weighted by Crippen LogP contribution is 2.16. The van der Waals surface area contributed by atoms with Crippen LogP contribution in [0.2, 0.25) is 0 Å². The van der Waals surface area contributed by atoms with Crippen molar-refractivity contribution in [2.45, 2.75) is 44.6 Å². The summed E-state index contributed by atoms with van der Waals surface area (Å²) in [6, 6.07) is 6.48. The fraction of sp³-hybridized carbons (Fsp3) is 0.529. The summed E-state index contributed by atoms with van der Waals surface area (Å²) < 4.78 is 13.0. The molecule has 0 heterocycles. The maximum Gasteiger partial charge on any atom is 0.224 e. The predicted molar refractivity (Wildman–Crippen MR) is 105 cm³/mol. The Morgan fingerprint density at radius 2 is 2.04 bits per heavy atom. The minimum atomic E-state index is -0.332. The molecule has 1 fully saturated rings. The van der Waals surface area contributed by atoms with E-state index in [-0.39, 0.29) is 42.1 Å². The third-order valence-electron chi connectivity index (χ3n) is 3.93. The van der Waals surface area contributed by atoms with E-state index in [4.69, 9.17) is 5.73 Å². The molecule has 7 heteroatoms. The number of hydrogen-bond acceptors (Lipinski definition) is 2. The van der Waals surface area contributed by atoms with Crippen molar-refractivity contribution >= 4 is 35.8 Å². The van der Waals surface area contributed by atoms with Crippen LogP contribution in [0.15, 0.2) is 29.3 Å². The van der Waals surface area contributed by atoms with Crippen molar-refractivity contribution in [1.82, 2.24) is 10.6 Å². The first kappa shape index (κ1) is 20.7. The van der Waals surface area contributed by atoms with Gasteiger partial charge in [-0.3, -0.25) is 9.79 Å². The number of amides is 1. The number of carbonyl (C=O) groups is 1. The van der Waals surface area contributed by atoms with Crippen molar-refractivity contribution in [3.05, 3.63) is 35.6 Å². The molecule has 0 atom stereocenters. The topological polar surface area (TPSA) is 79.5 Å². The summed E-state index contributed by atoms with van der Waals surface area (Å²) >= 11 is 0. The van der Waals surface area contributed by atoms with Crippen LogP contribution in [0, 0.1) is 5.82 Å². The predicted octanol–water partition coefficient (Wildman–Crippen LogP) is 2.34. The Bertz CT molecular complexity index is 547. The second-order valence-electron chi connectivity index (χ2n) is 5.90. The summed E-state index contributed by atoms with van der Waals surface area (Å²) in [5.41, 5.74) is 6.50. The lowest BCUT2D eigenvalue weighted by Gasteiger charge is -2.23. The number of hydrogen-bond donors (Lipinski definition) is 3. The molecule has 4 N–H and O–H groups in total. The molecule has 0 unspecified atom stereocenters. The summed E-state index contributed by atoms with van der Waals surface area (Å²) in [5.74, 6) is -0.0395. The molecule has 0 aromatic heterocycles. The monoisotopic (exact) mass is 448 g/mol. The van der Waals surface area contributed by atoms with Crippen LogP contribution in [-0.4, -0.2) is 31.0 Å². The maximum atomic E-state index is 13.0. The third kappa shape index (κ3) is 7.94. The van der Waals surface area contributed by atoms with Gasteiger partial charge in [0.05, 0.1) is 13.0 Å². The largest absolute Gasteiger partial charge is 0.370 e. The summed E-state index contributed by atoms with van der Waals surface area (Å²) in [6.07, 6.45) is 6.22. The molecule has 0 saturated heterocycles. The normalized spacial score (nSPS) is 15.5. The van der Waals surface area contributed by atoms with E-state index >= 15 is 0 Å². The Labute approximate surface area is 159 Å². The molecular formula is C17H26FIN4O. The number of benzene rings is 1. The first-order chi connectivity index (χ1) is 11.1. The molecular weight excluding hydrogens is 422 g/mol. The fourth-order valence-corrected chi connectivity index (χ4v) is 2.77. The molecule has 0 aliphatic heterocycles. The van der Waals surface area contributed by atoms with Gasteiger partial charge in [0.2, 0.25) is 5.91 Å². The van der Waals surface area contributed by atoms with Crippen LogP contribution in [0.25, 0.3) is 0 Å². The summed E-state index contributed by atoms with van der Waals surface area (Å²) in [4.78, 5) is 16.0. The van der Waals surface area contributed by atoms with E-state index in [0.29, 0.717) is 30.7 Å². The molecule has 0 bridgehead atoms. The first-order valence-electron chi connectivity index (χ1n) is 8.21. The van der Waals surface area contributed by atoms with Gasteiger partial charge >= 0.3 is 0 Å². The molecule has 0 radical (unpaired) electrons. The second kappa shape index (κ2) is 11.2. The van der Waals surface area contributed by atoms with E-state index < -0.39 is 0 Å². The molecule has 1 aromatic carbocycles. The van der Waals surface area contributed by atoms with Crippen LogP contribution in [0.4, 0.5) is 4.39 Å². The third-order valence-corrected chi connectivity index (χ3v) is 3.93. The number of nitrogens with two attached hydrogens (primary N) is 1.